The number of nitrogens with two attached hydrogens (primary N) is 6. The number of aliphatic hydroxyl groups is 1. The van der Waals surface area contributed by atoms with Gasteiger partial charge in [0.05, 0.1) is 0 Å². The quantitative estimate of drug-likeness (QED) is 0.121. The van der Waals surface area contributed by atoms with Gasteiger partial charge in [0.1, 0.15) is 61.1 Å². The van der Waals surface area contributed by atoms with Crippen molar-refractivity contribution in [2.75, 3.05) is 55.4 Å². The van der Waals surface area contributed by atoms with E-state index in [-0.39, 0.29) is 24.3 Å². The topological polar surface area (TPSA) is 420 Å². The van der Waals surface area contributed by atoms with Gasteiger partial charge in [-0.15, -0.1) is 0 Å². The van der Waals surface area contributed by atoms with Crippen LogP contribution in [0.3, 0.4) is 0 Å². The van der Waals surface area contributed by atoms with Crippen LogP contribution in [0.2, 0.25) is 0 Å². The van der Waals surface area contributed by atoms with Gasteiger partial charge in [-0.2, -0.15) is 0 Å². The van der Waals surface area contributed by atoms with Crippen LogP contribution in [-0.4, -0.2) is 138 Å². The van der Waals surface area contributed by atoms with Crippen molar-refractivity contribution in [3.05, 3.63) is 96.6 Å². The first-order chi connectivity index (χ1) is 40.1. The van der Waals surface area contributed by atoms with Gasteiger partial charge in [0.2, 0.25) is 5.91 Å². The van der Waals surface area contributed by atoms with Crippen LogP contribution in [0.25, 0.3) is 0 Å². The largest absolute Gasteiger partial charge is 0.394 e. The summed E-state index contributed by atoms with van der Waals surface area (Å²) in [5.41, 5.74) is 29.8. The molecule has 19 N–H and O–H groups in total. The lowest BCUT2D eigenvalue weighted by atomic mass is 10.1. The van der Waals surface area contributed by atoms with Crippen LogP contribution in [0.5, 0.6) is 0 Å². The maximum Gasteiger partial charge on any atom is 0.219 e. The zero-order valence-corrected chi connectivity index (χ0v) is 60.3. The Bertz CT molecular complexity index is 1010. The summed E-state index contributed by atoms with van der Waals surface area (Å²) < 4.78 is 0. The van der Waals surface area contributed by atoms with E-state index in [2.05, 4.69) is 166 Å². The van der Waals surface area contributed by atoms with E-state index in [9.17, 15) is 4.79 Å². The van der Waals surface area contributed by atoms with Crippen molar-refractivity contribution >= 4 is 67.0 Å². The Kier molecular flexibility index (Phi) is 514. The first-order valence-electron chi connectivity index (χ1n) is 27.4. The third kappa shape index (κ3) is 389. The molecule has 1 amide bonds. The number of benzene rings is 2. The van der Waals surface area contributed by atoms with Crippen LogP contribution in [0.1, 0.15) is 181 Å². The molecule has 20 nitrogen and oxygen atoms in total. The number of piperidine rings is 1. The number of aliphatic hydroxyl groups excluding tert-OH is 1. The molecule has 1 saturated heterocycles. The maximum absolute atomic E-state index is 10.7. The van der Waals surface area contributed by atoms with E-state index in [1.54, 1.807) is 26.8 Å². The minimum Gasteiger partial charge on any atom is -0.394 e. The molecular weight excluding hydrogens is 1080 g/mol. The molecule has 0 spiro atoms. The smallest absolute Gasteiger partial charge is 0.219 e. The normalized spacial score (nSPS) is 7.46. The first-order valence-corrected chi connectivity index (χ1v) is 27.4. The Morgan fingerprint density at radius 1 is 0.447 bits per heavy atom. The van der Waals surface area contributed by atoms with Gasteiger partial charge in [-0.25, -0.2) is 0 Å². The Labute approximate surface area is 528 Å². The molecule has 2 aromatic carbocycles. The van der Waals surface area contributed by atoms with E-state index in [4.69, 9.17) is 48.3 Å². The molecule has 0 aliphatic carbocycles. The first kappa shape index (κ1) is 159. The van der Waals surface area contributed by atoms with E-state index >= 15 is 0 Å². The fourth-order valence-corrected chi connectivity index (χ4v) is 2.77. The molecule has 1 aliphatic rings. The Morgan fingerprint density at radius 3 is 0.682 bits per heavy atom. The van der Waals surface area contributed by atoms with Crippen molar-refractivity contribution in [3.8, 4) is 0 Å². The molecule has 1 heterocycles. The molecule has 1 fully saturated rings. The molecule has 0 unspecified atom stereocenters. The van der Waals surface area contributed by atoms with Gasteiger partial charge in [-0.3, -0.25) is 4.79 Å². The predicted molar refractivity (Wildman–Crippen MR) is 383 cm³/mol. The number of carbonyl (C=O) groups is 10. The summed E-state index contributed by atoms with van der Waals surface area (Å²) in [6.07, 6.45) is 15.3. The van der Waals surface area contributed by atoms with E-state index in [1.807, 2.05) is 125 Å². The summed E-state index contributed by atoms with van der Waals surface area (Å²) in [5.74, 6) is 2.88. The molecular formula is C65H151N9O11. The molecule has 0 radical (unpaired) electrons. The lowest BCUT2D eigenvalue weighted by Crippen LogP contribution is -2.33. The standard InChI is InChI=1S/2C8H10.C7H13NO.3C5H12.C5H8.C3H8O.2C2H6.6CH5N.9CH2O.2H3N/c2*1-2-8-6-4-3-5-7-8;1-7(9)8-5-3-2-4-6-8;3*1-4-5(2)3;1-3-5-4-2;1-3(2)4;17*1-2;;/h2*3-7H,2H2,1H3;2-6H2,1H3;3*5H,4H2,1-3H3;3-5H,1H2,2H3;3-4H,1-2H3;2*1-2H3;6*2H2,1H3;9*1H2;2*1H3/b;;;;;;5-4-;;;;;;;;;;;;;;;;;;;;. The van der Waals surface area contributed by atoms with E-state index in [0.29, 0.717) is 0 Å². The monoisotopic (exact) mass is 1230 g/mol. The van der Waals surface area contributed by atoms with Crippen LogP contribution in [0, 0.1) is 17.8 Å². The predicted octanol–water partition coefficient (Wildman–Crippen LogP) is 12.0. The van der Waals surface area contributed by atoms with Crippen LogP contribution in [-0.2, 0) is 60.8 Å². The van der Waals surface area contributed by atoms with Crippen molar-refractivity contribution in [2.24, 2.45) is 52.2 Å². The molecule has 2 aromatic rings. The van der Waals surface area contributed by atoms with E-state index in [0.717, 1.165) is 43.7 Å². The van der Waals surface area contributed by atoms with Crippen molar-refractivity contribution in [2.45, 2.75) is 189 Å². The summed E-state index contributed by atoms with van der Waals surface area (Å²) in [6, 6.07) is 20.9. The summed E-state index contributed by atoms with van der Waals surface area (Å²) in [7, 11) is 9.00. The van der Waals surface area contributed by atoms with E-state index < -0.39 is 0 Å². The zero-order chi connectivity index (χ0) is 72.9. The van der Waals surface area contributed by atoms with E-state index in [1.165, 1.54) is 91.9 Å². The summed E-state index contributed by atoms with van der Waals surface area (Å²) in [5, 5.41) is 8.06. The maximum atomic E-state index is 10.7. The fraction of sp³-hybridized carbons (Fsp3) is 0.600. The van der Waals surface area contributed by atoms with Crippen molar-refractivity contribution in [1.82, 2.24) is 17.2 Å². The number of nitrogens with zero attached hydrogens (tertiary/aromatic N) is 1. The van der Waals surface area contributed by atoms with Gasteiger partial charge in [0, 0.05) is 26.1 Å². The third-order valence-electron chi connectivity index (χ3n) is 7.08. The average molecular weight is 1230 g/mol. The number of carbonyl (C=O) groups excluding carboxylic acids is 10. The molecule has 1 aliphatic heterocycles. The number of amides is 1. The summed E-state index contributed by atoms with van der Waals surface area (Å²) in [6.45, 7) is 62.7. The van der Waals surface area contributed by atoms with Crippen molar-refractivity contribution < 1.29 is 53.1 Å². The molecule has 85 heavy (non-hydrogen) atoms. The molecule has 20 heteroatoms. The van der Waals surface area contributed by atoms with Crippen LogP contribution >= 0.6 is 0 Å². The number of likely N-dealkylation sites (tertiary alicyclic amines) is 1. The third-order valence-corrected chi connectivity index (χ3v) is 7.08. The Balaban J connectivity index is -0.0000000213. The Morgan fingerprint density at radius 2 is 0.612 bits per heavy atom. The minimum atomic E-state index is -0.167. The second kappa shape index (κ2) is 275. The highest BCUT2D eigenvalue weighted by Gasteiger charge is 2.11. The van der Waals surface area contributed by atoms with Gasteiger partial charge < -0.3 is 99.9 Å². The number of hydrogen-bond acceptors (Lipinski definition) is 19. The zero-order valence-electron chi connectivity index (χ0n) is 60.3. The molecule has 3 rings (SSSR count). The SMILES string of the molecule is C=C/C=C\C.C=O.C=O.C=O.C=O.C=O.C=O.C=O.C=O.C=O.CC.CC.CC(=O)N1CCCCC1.CC(C)O.CCC(C)C.CCC(C)C.CCC(C)C.CCc1ccccc1.CCc1ccccc1.CN.CN.CN.CN.CN.CN.N.N. The second-order valence-corrected chi connectivity index (χ2v) is 13.5. The highest BCUT2D eigenvalue weighted by molar-refractivity contribution is 5.73. The second-order valence-electron chi connectivity index (χ2n) is 13.5. The molecule has 522 valence electrons. The summed E-state index contributed by atoms with van der Waals surface area (Å²) >= 11 is 0. The van der Waals surface area contributed by atoms with Crippen LogP contribution in [0.15, 0.2) is 85.5 Å². The number of rotatable bonds is 6. The number of hydrogen-bond donors (Lipinski definition) is 9. The van der Waals surface area contributed by atoms with Gasteiger partial charge in [0.15, 0.2) is 0 Å². The number of aryl methyl sites for hydroxylation is 2. The summed E-state index contributed by atoms with van der Waals surface area (Å²) in [4.78, 5) is 84.6. The van der Waals surface area contributed by atoms with Crippen molar-refractivity contribution in [1.29, 1.82) is 0 Å². The van der Waals surface area contributed by atoms with Crippen LogP contribution < -0.4 is 46.7 Å². The van der Waals surface area contributed by atoms with Gasteiger partial charge in [-0.05, 0) is 124 Å². The lowest BCUT2D eigenvalue weighted by Gasteiger charge is -2.24. The average Bonchev–Trinajstić information content (AvgIpc) is 3.60. The molecule has 0 atom stereocenters. The molecule has 0 bridgehead atoms. The van der Waals surface area contributed by atoms with Gasteiger partial charge >= 0.3 is 0 Å². The molecule has 0 aromatic heterocycles. The molecule has 0 saturated carbocycles. The van der Waals surface area contributed by atoms with Crippen LogP contribution in [0.4, 0.5) is 0 Å². The number of allylic oxidation sites excluding steroid dienone is 3. The fourth-order valence-electron chi connectivity index (χ4n) is 2.77. The minimum absolute atomic E-state index is 0. The lowest BCUT2D eigenvalue weighted by molar-refractivity contribution is -0.129. The Hall–Kier alpha value is -5.94. The van der Waals surface area contributed by atoms with Gasteiger partial charge in [0.25, 0.3) is 0 Å². The highest BCUT2D eigenvalue weighted by atomic mass is 16.3. The van der Waals surface area contributed by atoms with Crippen molar-refractivity contribution in [3.63, 3.8) is 0 Å². The highest BCUT2D eigenvalue weighted by Crippen LogP contribution is 2.07. The van der Waals surface area contributed by atoms with Gasteiger partial charge in [-0.1, -0.05) is 209 Å².